The van der Waals surface area contributed by atoms with Gasteiger partial charge in [0.25, 0.3) is 0 Å². The lowest BCUT2D eigenvalue weighted by molar-refractivity contribution is -0.105. The number of hydrogen-bond acceptors (Lipinski definition) is 6. The van der Waals surface area contributed by atoms with E-state index in [0.29, 0.717) is 17.5 Å². The molecule has 0 aliphatic heterocycles. The van der Waals surface area contributed by atoms with Gasteiger partial charge in [0.05, 0.1) is 17.4 Å². The number of hydrogen-bond donors (Lipinski definition) is 2. The largest absolute Gasteiger partial charge is 0.416 e. The molecule has 0 radical (unpaired) electrons. The molecule has 1 amide bonds. The van der Waals surface area contributed by atoms with Gasteiger partial charge in [-0.2, -0.15) is 5.26 Å². The SMILES string of the molecule is N#Cc1cccc(NC(OC(N)=O)SCC=O)c1. The molecule has 1 atom stereocenters. The van der Waals surface area contributed by atoms with Gasteiger partial charge in [-0.1, -0.05) is 17.8 Å². The maximum Gasteiger partial charge on any atom is 0.407 e. The summed E-state index contributed by atoms with van der Waals surface area (Å²) in [7, 11) is 0. The molecule has 0 saturated heterocycles. The van der Waals surface area contributed by atoms with E-state index in [1.165, 1.54) is 0 Å². The number of nitrogens with two attached hydrogens (primary N) is 1. The third-order valence-electron chi connectivity index (χ3n) is 1.82. The summed E-state index contributed by atoms with van der Waals surface area (Å²) in [5, 5.41) is 11.6. The Kier molecular flexibility index (Phi) is 5.54. The van der Waals surface area contributed by atoms with Crippen molar-refractivity contribution < 1.29 is 14.3 Å². The normalized spacial score (nSPS) is 11.1. The molecule has 0 aliphatic carbocycles. The zero-order valence-electron chi connectivity index (χ0n) is 9.33. The number of thioether (sulfide) groups is 1. The maximum atomic E-state index is 10.7. The summed E-state index contributed by atoms with van der Waals surface area (Å²) in [6, 6.07) is 8.63. The van der Waals surface area contributed by atoms with Gasteiger partial charge in [0.1, 0.15) is 6.29 Å². The standard InChI is InChI=1S/C11H11N3O3S/c12-7-8-2-1-3-9(6-8)14-11(17-10(13)16)18-5-4-15/h1-4,6,11,14H,5H2,(H2,13,16). The summed E-state index contributed by atoms with van der Waals surface area (Å²) in [4.78, 5) is 21.0. The number of nitrogens with zero attached hydrogens (tertiary/aromatic N) is 1. The number of anilines is 1. The van der Waals surface area contributed by atoms with Crippen LogP contribution in [0.15, 0.2) is 24.3 Å². The third-order valence-corrected chi connectivity index (χ3v) is 2.66. The van der Waals surface area contributed by atoms with Crippen molar-refractivity contribution in [2.45, 2.75) is 5.56 Å². The third kappa shape index (κ3) is 4.76. The van der Waals surface area contributed by atoms with Crippen LogP contribution in [0, 0.1) is 11.3 Å². The van der Waals surface area contributed by atoms with Gasteiger partial charge in [-0.05, 0) is 18.2 Å². The Bertz CT molecular complexity index is 473. The van der Waals surface area contributed by atoms with Gasteiger partial charge in [-0.15, -0.1) is 0 Å². The van der Waals surface area contributed by atoms with E-state index in [-0.39, 0.29) is 5.75 Å². The second-order valence-corrected chi connectivity index (χ2v) is 4.20. The number of amides is 1. The quantitative estimate of drug-likeness (QED) is 0.593. The molecule has 0 fully saturated rings. The molecule has 0 heterocycles. The first-order chi connectivity index (χ1) is 8.65. The number of nitriles is 1. The monoisotopic (exact) mass is 265 g/mol. The van der Waals surface area contributed by atoms with Gasteiger partial charge in [0, 0.05) is 5.69 Å². The summed E-state index contributed by atoms with van der Waals surface area (Å²) < 4.78 is 4.78. The molecular weight excluding hydrogens is 254 g/mol. The number of aldehydes is 1. The van der Waals surface area contributed by atoms with Crippen molar-refractivity contribution in [1.29, 1.82) is 5.26 Å². The fourth-order valence-electron chi connectivity index (χ4n) is 1.15. The van der Waals surface area contributed by atoms with Crippen LogP contribution in [0.4, 0.5) is 10.5 Å². The lowest BCUT2D eigenvalue weighted by atomic mass is 10.2. The van der Waals surface area contributed by atoms with E-state index in [0.717, 1.165) is 11.8 Å². The Morgan fingerprint density at radius 2 is 2.44 bits per heavy atom. The number of carbonyl (C=O) groups is 2. The minimum absolute atomic E-state index is 0.156. The Labute approximate surface area is 108 Å². The molecule has 1 rings (SSSR count). The van der Waals surface area contributed by atoms with Crippen LogP contribution in [-0.4, -0.2) is 23.7 Å². The van der Waals surface area contributed by atoms with E-state index < -0.39 is 11.7 Å². The number of carbonyl (C=O) groups excluding carboxylic acids is 2. The molecule has 18 heavy (non-hydrogen) atoms. The molecular formula is C11H11N3O3S. The van der Waals surface area contributed by atoms with Gasteiger partial charge in [0.15, 0.2) is 0 Å². The molecule has 0 spiro atoms. The van der Waals surface area contributed by atoms with Crippen LogP contribution in [0.25, 0.3) is 0 Å². The second-order valence-electron chi connectivity index (χ2n) is 3.11. The number of primary amides is 1. The highest BCUT2D eigenvalue weighted by Gasteiger charge is 2.12. The zero-order chi connectivity index (χ0) is 13.4. The lowest BCUT2D eigenvalue weighted by Gasteiger charge is -2.17. The first kappa shape index (κ1) is 13.9. The number of ether oxygens (including phenoxy) is 1. The summed E-state index contributed by atoms with van der Waals surface area (Å²) in [5.41, 5.74) is 5.21. The molecule has 0 aromatic heterocycles. The summed E-state index contributed by atoms with van der Waals surface area (Å²) >= 11 is 1.07. The highest BCUT2D eigenvalue weighted by Crippen LogP contribution is 2.17. The molecule has 6 nitrogen and oxygen atoms in total. The molecule has 3 N–H and O–H groups in total. The molecule has 7 heteroatoms. The van der Waals surface area contributed by atoms with E-state index in [4.69, 9.17) is 15.7 Å². The van der Waals surface area contributed by atoms with Crippen LogP contribution >= 0.6 is 11.8 Å². The van der Waals surface area contributed by atoms with Crippen LogP contribution in [0.5, 0.6) is 0 Å². The molecule has 0 bridgehead atoms. The Morgan fingerprint density at radius 3 is 3.06 bits per heavy atom. The van der Waals surface area contributed by atoms with Crippen molar-refractivity contribution >= 4 is 29.8 Å². The average Bonchev–Trinajstić information content (AvgIpc) is 2.35. The predicted octanol–water partition coefficient (Wildman–Crippen LogP) is 1.28. The van der Waals surface area contributed by atoms with Crippen molar-refractivity contribution in [3.63, 3.8) is 0 Å². The molecule has 1 unspecified atom stereocenters. The molecule has 0 aliphatic rings. The zero-order valence-corrected chi connectivity index (χ0v) is 10.1. The van der Waals surface area contributed by atoms with E-state index in [1.54, 1.807) is 24.3 Å². The summed E-state index contributed by atoms with van der Waals surface area (Å²) in [5.74, 6) is 0.156. The van der Waals surface area contributed by atoms with Crippen molar-refractivity contribution in [3.8, 4) is 6.07 Å². The number of benzene rings is 1. The minimum atomic E-state index is -0.942. The molecule has 1 aromatic rings. The van der Waals surface area contributed by atoms with E-state index in [2.05, 4.69) is 5.32 Å². The lowest BCUT2D eigenvalue weighted by Crippen LogP contribution is -2.27. The first-order valence-corrected chi connectivity index (χ1v) is 5.98. The number of nitrogens with one attached hydrogen (secondary N) is 1. The fourth-order valence-corrected chi connectivity index (χ4v) is 1.79. The highest BCUT2D eigenvalue weighted by atomic mass is 32.2. The van der Waals surface area contributed by atoms with Crippen LogP contribution in [-0.2, 0) is 9.53 Å². The Balaban J connectivity index is 2.71. The number of rotatable bonds is 6. The van der Waals surface area contributed by atoms with E-state index in [9.17, 15) is 9.59 Å². The van der Waals surface area contributed by atoms with Gasteiger partial charge in [0.2, 0.25) is 5.56 Å². The Hall–Kier alpha value is -2.20. The van der Waals surface area contributed by atoms with Gasteiger partial charge < -0.3 is 20.6 Å². The van der Waals surface area contributed by atoms with Gasteiger partial charge in [-0.25, -0.2) is 4.79 Å². The predicted molar refractivity (Wildman–Crippen MR) is 67.8 cm³/mol. The van der Waals surface area contributed by atoms with Crippen LogP contribution in [0.1, 0.15) is 5.56 Å². The van der Waals surface area contributed by atoms with Gasteiger partial charge in [-0.3, -0.25) is 0 Å². The molecule has 94 valence electrons. The van der Waals surface area contributed by atoms with Crippen molar-refractivity contribution in [2.75, 3.05) is 11.1 Å². The van der Waals surface area contributed by atoms with Crippen LogP contribution in [0.2, 0.25) is 0 Å². The smallest absolute Gasteiger partial charge is 0.407 e. The second kappa shape index (κ2) is 7.19. The Morgan fingerprint density at radius 1 is 1.67 bits per heavy atom. The van der Waals surface area contributed by atoms with E-state index in [1.807, 2.05) is 6.07 Å². The van der Waals surface area contributed by atoms with Crippen molar-refractivity contribution in [3.05, 3.63) is 29.8 Å². The summed E-state index contributed by atoms with van der Waals surface area (Å²) in [6.45, 7) is 0. The average molecular weight is 265 g/mol. The van der Waals surface area contributed by atoms with Gasteiger partial charge >= 0.3 is 6.09 Å². The van der Waals surface area contributed by atoms with Crippen LogP contribution in [0.3, 0.4) is 0 Å². The van der Waals surface area contributed by atoms with Crippen LogP contribution < -0.4 is 11.1 Å². The topological polar surface area (TPSA) is 105 Å². The molecule has 1 aromatic carbocycles. The molecule has 0 saturated carbocycles. The summed E-state index contributed by atoms with van der Waals surface area (Å²) in [6.07, 6.45) is -0.252. The fraction of sp³-hybridized carbons (Fsp3) is 0.182. The van der Waals surface area contributed by atoms with Crippen molar-refractivity contribution in [1.82, 2.24) is 0 Å². The highest BCUT2D eigenvalue weighted by molar-refractivity contribution is 8.00. The maximum absolute atomic E-state index is 10.7. The minimum Gasteiger partial charge on any atom is -0.416 e. The van der Waals surface area contributed by atoms with Crippen molar-refractivity contribution in [2.24, 2.45) is 5.73 Å². The first-order valence-electron chi connectivity index (χ1n) is 4.93. The van der Waals surface area contributed by atoms with E-state index >= 15 is 0 Å².